The van der Waals surface area contributed by atoms with Gasteiger partial charge in [0.25, 0.3) is 5.91 Å². The summed E-state index contributed by atoms with van der Waals surface area (Å²) in [6.45, 7) is 0. The molecular formula is C13H10BrF2N3O2. The van der Waals surface area contributed by atoms with Crippen molar-refractivity contribution in [3.8, 4) is 5.88 Å². The monoisotopic (exact) mass is 357 g/mol. The Morgan fingerprint density at radius 1 is 1.29 bits per heavy atom. The highest BCUT2D eigenvalue weighted by Crippen LogP contribution is 2.18. The topological polar surface area (TPSA) is 63.2 Å². The molecule has 0 radical (unpaired) electrons. The van der Waals surface area contributed by atoms with Gasteiger partial charge in [0.2, 0.25) is 5.88 Å². The number of hydrogen-bond acceptors (Lipinski definition) is 4. The quantitative estimate of drug-likeness (QED) is 0.826. The molecule has 110 valence electrons. The van der Waals surface area contributed by atoms with Crippen LogP contribution >= 0.6 is 15.9 Å². The summed E-state index contributed by atoms with van der Waals surface area (Å²) in [6, 6.07) is 4.93. The van der Waals surface area contributed by atoms with E-state index >= 15 is 0 Å². The molecule has 0 atom stereocenters. The Morgan fingerprint density at radius 2 is 2.05 bits per heavy atom. The molecule has 8 heteroatoms. The summed E-state index contributed by atoms with van der Waals surface area (Å²) in [7, 11) is 1.30. The molecule has 2 aromatic rings. The van der Waals surface area contributed by atoms with Gasteiger partial charge >= 0.3 is 0 Å². The lowest BCUT2D eigenvalue weighted by atomic mass is 10.2. The number of nitrogens with one attached hydrogen (secondary N) is 2. The van der Waals surface area contributed by atoms with E-state index in [-0.39, 0.29) is 21.6 Å². The summed E-state index contributed by atoms with van der Waals surface area (Å²) >= 11 is 2.99. The maximum atomic E-state index is 13.4. The first-order valence-corrected chi connectivity index (χ1v) is 6.51. The van der Waals surface area contributed by atoms with Gasteiger partial charge in [0.1, 0.15) is 5.82 Å². The van der Waals surface area contributed by atoms with E-state index in [0.717, 1.165) is 12.1 Å². The molecule has 21 heavy (non-hydrogen) atoms. The molecule has 0 aliphatic rings. The van der Waals surface area contributed by atoms with E-state index in [1.807, 2.05) is 0 Å². The van der Waals surface area contributed by atoms with Gasteiger partial charge in [0, 0.05) is 11.6 Å². The number of carbonyl (C=O) groups is 1. The summed E-state index contributed by atoms with van der Waals surface area (Å²) < 4.78 is 31.3. The third-order valence-electron chi connectivity index (χ3n) is 2.50. The van der Waals surface area contributed by atoms with E-state index in [1.165, 1.54) is 25.4 Å². The van der Waals surface area contributed by atoms with E-state index in [1.54, 1.807) is 0 Å². The van der Waals surface area contributed by atoms with Crippen molar-refractivity contribution in [2.45, 2.75) is 0 Å². The third kappa shape index (κ3) is 3.66. The van der Waals surface area contributed by atoms with Crippen LogP contribution in [-0.2, 0) is 0 Å². The van der Waals surface area contributed by atoms with Gasteiger partial charge in [-0.2, -0.15) is 0 Å². The third-order valence-corrected chi connectivity index (χ3v) is 3.11. The van der Waals surface area contributed by atoms with Crippen LogP contribution in [0, 0.1) is 11.6 Å². The van der Waals surface area contributed by atoms with Crippen LogP contribution in [0.15, 0.2) is 34.9 Å². The molecule has 0 bridgehead atoms. The predicted molar refractivity (Wildman–Crippen MR) is 75.9 cm³/mol. The number of rotatable bonds is 4. The molecule has 0 aliphatic carbocycles. The molecule has 1 heterocycles. The lowest BCUT2D eigenvalue weighted by molar-refractivity contribution is 0.0962. The average Bonchev–Trinajstić information content (AvgIpc) is 2.47. The normalized spacial score (nSPS) is 10.1. The zero-order chi connectivity index (χ0) is 15.4. The minimum Gasteiger partial charge on any atom is -0.479 e. The van der Waals surface area contributed by atoms with Gasteiger partial charge in [0.15, 0.2) is 5.82 Å². The van der Waals surface area contributed by atoms with Crippen molar-refractivity contribution < 1.29 is 18.3 Å². The number of methoxy groups -OCH3 is 1. The van der Waals surface area contributed by atoms with Crippen molar-refractivity contribution in [2.75, 3.05) is 12.5 Å². The summed E-state index contributed by atoms with van der Waals surface area (Å²) in [4.78, 5) is 15.5. The van der Waals surface area contributed by atoms with E-state index in [9.17, 15) is 13.6 Å². The van der Waals surface area contributed by atoms with Crippen LogP contribution in [-0.4, -0.2) is 18.0 Å². The lowest BCUT2D eigenvalue weighted by Gasteiger charge is -2.09. The van der Waals surface area contributed by atoms with Crippen LogP contribution in [0.25, 0.3) is 0 Å². The number of ether oxygens (including phenoxy) is 1. The van der Waals surface area contributed by atoms with Crippen LogP contribution in [0.1, 0.15) is 10.4 Å². The van der Waals surface area contributed by atoms with Crippen LogP contribution < -0.4 is 15.6 Å². The number of amides is 1. The first-order valence-electron chi connectivity index (χ1n) is 5.72. The lowest BCUT2D eigenvalue weighted by Crippen LogP contribution is -2.29. The minimum atomic E-state index is -0.665. The highest BCUT2D eigenvalue weighted by atomic mass is 79.9. The van der Waals surface area contributed by atoms with E-state index in [4.69, 9.17) is 0 Å². The van der Waals surface area contributed by atoms with E-state index in [0.29, 0.717) is 0 Å². The molecule has 0 aliphatic heterocycles. The first kappa shape index (κ1) is 15.2. The maximum absolute atomic E-state index is 13.4. The fourth-order valence-corrected chi connectivity index (χ4v) is 1.86. The summed E-state index contributed by atoms with van der Waals surface area (Å²) in [5.41, 5.74) is 5.32. The van der Waals surface area contributed by atoms with Crippen LogP contribution in [0.2, 0.25) is 0 Å². The molecule has 1 aromatic heterocycles. The largest absolute Gasteiger partial charge is 0.479 e. The second-order valence-electron chi connectivity index (χ2n) is 3.92. The Balaban J connectivity index is 2.03. The smallest absolute Gasteiger partial charge is 0.269 e. The highest BCUT2D eigenvalue weighted by molar-refractivity contribution is 9.10. The zero-order valence-electron chi connectivity index (χ0n) is 10.8. The molecule has 0 unspecified atom stereocenters. The fourth-order valence-electron chi connectivity index (χ4n) is 1.48. The van der Waals surface area contributed by atoms with E-state index in [2.05, 4.69) is 36.5 Å². The molecular weight excluding hydrogens is 348 g/mol. The molecule has 0 spiro atoms. The van der Waals surface area contributed by atoms with Crippen LogP contribution in [0.5, 0.6) is 5.88 Å². The number of carbonyl (C=O) groups excluding carboxylic acids is 1. The van der Waals surface area contributed by atoms with Crippen molar-refractivity contribution in [1.82, 2.24) is 10.4 Å². The molecule has 1 amide bonds. The molecule has 2 rings (SSSR count). The van der Waals surface area contributed by atoms with Crippen molar-refractivity contribution in [1.29, 1.82) is 0 Å². The van der Waals surface area contributed by atoms with Gasteiger partial charge in [-0.05, 0) is 34.1 Å². The standard InChI is InChI=1S/C13H10BrF2N3O2/c1-21-13-11(16)5-8(6-17-13)18-19-12(20)7-2-3-10(15)9(14)4-7/h2-6,18H,1H3,(H,19,20). The SMILES string of the molecule is COc1ncc(NNC(=O)c2ccc(F)c(Br)c2)cc1F. The van der Waals surface area contributed by atoms with Gasteiger partial charge in [-0.15, -0.1) is 0 Å². The summed E-state index contributed by atoms with van der Waals surface area (Å²) in [6.07, 6.45) is 1.29. The zero-order valence-corrected chi connectivity index (χ0v) is 12.4. The number of pyridine rings is 1. The number of halogens is 3. The molecule has 0 saturated carbocycles. The fraction of sp³-hybridized carbons (Fsp3) is 0.0769. The molecule has 1 aromatic carbocycles. The van der Waals surface area contributed by atoms with E-state index < -0.39 is 17.5 Å². The predicted octanol–water partition coefficient (Wildman–Crippen LogP) is 2.89. The highest BCUT2D eigenvalue weighted by Gasteiger charge is 2.09. The Bertz CT molecular complexity index is 682. The van der Waals surface area contributed by atoms with Gasteiger partial charge in [-0.25, -0.2) is 13.8 Å². The second-order valence-corrected chi connectivity index (χ2v) is 4.78. The maximum Gasteiger partial charge on any atom is 0.269 e. The van der Waals surface area contributed by atoms with Crippen molar-refractivity contribution in [3.05, 3.63) is 52.1 Å². The summed E-state index contributed by atoms with van der Waals surface area (Å²) in [5.74, 6) is -1.79. The molecule has 5 nitrogen and oxygen atoms in total. The minimum absolute atomic E-state index is 0.144. The number of hydrogen-bond donors (Lipinski definition) is 2. The number of hydrazine groups is 1. The Hall–Kier alpha value is -2.22. The number of benzene rings is 1. The summed E-state index contributed by atoms with van der Waals surface area (Å²) in [5, 5.41) is 0. The first-order chi connectivity index (χ1) is 10.0. The Kier molecular flexibility index (Phi) is 4.69. The van der Waals surface area contributed by atoms with Gasteiger partial charge in [0.05, 0.1) is 23.5 Å². The Morgan fingerprint density at radius 3 is 2.67 bits per heavy atom. The van der Waals surface area contributed by atoms with Crippen molar-refractivity contribution >= 4 is 27.5 Å². The van der Waals surface area contributed by atoms with Gasteiger partial charge < -0.3 is 4.74 Å². The van der Waals surface area contributed by atoms with Gasteiger partial charge in [-0.3, -0.25) is 15.6 Å². The molecule has 0 fully saturated rings. The van der Waals surface area contributed by atoms with Gasteiger partial charge in [-0.1, -0.05) is 0 Å². The number of aromatic nitrogens is 1. The number of anilines is 1. The van der Waals surface area contributed by atoms with Crippen LogP contribution in [0.4, 0.5) is 14.5 Å². The van der Waals surface area contributed by atoms with Crippen molar-refractivity contribution in [3.63, 3.8) is 0 Å². The molecule has 0 saturated heterocycles. The average molecular weight is 358 g/mol. The Labute approximate surface area is 127 Å². The van der Waals surface area contributed by atoms with Crippen molar-refractivity contribution in [2.24, 2.45) is 0 Å². The second kappa shape index (κ2) is 6.49. The number of nitrogens with zero attached hydrogens (tertiary/aromatic N) is 1. The molecule has 2 N–H and O–H groups in total. The van der Waals surface area contributed by atoms with Crippen LogP contribution in [0.3, 0.4) is 0 Å².